The number of rotatable bonds is 29. The summed E-state index contributed by atoms with van der Waals surface area (Å²) >= 11 is 36.4. The number of pyridine rings is 2. The fraction of sp³-hybridized carbons (Fsp3) is 0.350. The van der Waals surface area contributed by atoms with Gasteiger partial charge in [-0.1, -0.05) is 67.0 Å². The highest BCUT2D eigenvalue weighted by molar-refractivity contribution is 6.37. The van der Waals surface area contributed by atoms with E-state index in [0.717, 1.165) is 69.0 Å². The van der Waals surface area contributed by atoms with Gasteiger partial charge in [-0.05, 0) is 173 Å². The lowest BCUT2D eigenvalue weighted by Gasteiger charge is -2.14. The summed E-state index contributed by atoms with van der Waals surface area (Å²) in [6.07, 6.45) is 14.7. The molecule has 5 atom stereocenters. The number of furan rings is 3. The van der Waals surface area contributed by atoms with Crippen molar-refractivity contribution < 1.29 is 22.0 Å². The molecule has 0 bridgehead atoms. The van der Waals surface area contributed by atoms with Crippen LogP contribution in [0.2, 0.25) is 31.4 Å². The molecule has 0 unspecified atom stereocenters. The van der Waals surface area contributed by atoms with Crippen molar-refractivity contribution in [3.8, 4) is 0 Å². The van der Waals surface area contributed by atoms with E-state index in [1.165, 1.54) is 0 Å². The molecule has 30 nitrogen and oxygen atoms in total. The molecular formula is C80H95Cl6F2N27O3. The third-order valence-corrected chi connectivity index (χ3v) is 20.4. The van der Waals surface area contributed by atoms with E-state index in [9.17, 15) is 8.78 Å². The maximum Gasteiger partial charge on any atom is 0.226 e. The minimum atomic E-state index is -0.403. The Balaban J connectivity index is 0.000000145. The summed E-state index contributed by atoms with van der Waals surface area (Å²) in [6.45, 7) is 20.8. The van der Waals surface area contributed by atoms with Gasteiger partial charge >= 0.3 is 0 Å². The zero-order valence-corrected chi connectivity index (χ0v) is 70.8. The summed E-state index contributed by atoms with van der Waals surface area (Å²) in [4.78, 5) is 65.6. The Morgan fingerprint density at radius 3 is 1.01 bits per heavy atom. The van der Waals surface area contributed by atoms with Crippen LogP contribution in [0.1, 0.15) is 119 Å². The number of hydrogen-bond acceptors (Lipinski definition) is 25. The summed E-state index contributed by atoms with van der Waals surface area (Å²) in [5, 5.41) is 20.2. The predicted molar refractivity (Wildman–Crippen MR) is 464 cm³/mol. The van der Waals surface area contributed by atoms with Crippen molar-refractivity contribution >= 4 is 154 Å². The number of nitrogens with zero attached hydrogens (tertiary/aromatic N) is 12. The molecule has 15 heterocycles. The van der Waals surface area contributed by atoms with Crippen LogP contribution in [0.5, 0.6) is 0 Å². The number of aromatic amines is 5. The maximum atomic E-state index is 14.9. The van der Waals surface area contributed by atoms with E-state index in [0.29, 0.717) is 148 Å². The molecule has 0 spiro atoms. The van der Waals surface area contributed by atoms with Gasteiger partial charge in [0.1, 0.15) is 74.6 Å². The van der Waals surface area contributed by atoms with Crippen molar-refractivity contribution in [2.45, 2.75) is 157 Å². The van der Waals surface area contributed by atoms with Crippen LogP contribution in [0.3, 0.4) is 0 Å². The fourth-order valence-corrected chi connectivity index (χ4v) is 13.1. The Hall–Kier alpha value is -10.4. The van der Waals surface area contributed by atoms with Gasteiger partial charge in [-0.15, -0.1) is 0 Å². The summed E-state index contributed by atoms with van der Waals surface area (Å²) in [7, 11) is 0. The molecule has 0 saturated carbocycles. The second-order valence-electron chi connectivity index (χ2n) is 29.6. The normalized spacial score (nSPS) is 12.8. The monoisotopic (exact) mass is 1730 g/mol. The summed E-state index contributed by atoms with van der Waals surface area (Å²) in [5.41, 5.74) is 38.8. The number of fused-ring (bicyclic) bond motifs is 5. The van der Waals surface area contributed by atoms with Crippen LogP contribution in [0.15, 0.2) is 130 Å². The van der Waals surface area contributed by atoms with Crippen molar-refractivity contribution in [2.75, 3.05) is 26.6 Å². The first-order valence-corrected chi connectivity index (χ1v) is 40.4. The van der Waals surface area contributed by atoms with E-state index in [-0.39, 0.29) is 79.7 Å². The largest absolute Gasteiger partial charge is 0.467 e. The van der Waals surface area contributed by atoms with E-state index < -0.39 is 5.82 Å². The van der Waals surface area contributed by atoms with Crippen LogP contribution in [-0.2, 0) is 64.8 Å². The number of nitrogens with two attached hydrogens (primary N) is 5. The van der Waals surface area contributed by atoms with E-state index in [2.05, 4.69) is 139 Å². The first kappa shape index (κ1) is 88.5. The number of H-pyrrole nitrogens is 5. The van der Waals surface area contributed by atoms with Gasteiger partial charge in [-0.3, -0.25) is 9.97 Å². The van der Waals surface area contributed by atoms with Crippen LogP contribution < -0.4 is 55.3 Å². The molecule has 624 valence electrons. The quantitative estimate of drug-likeness (QED) is 0.0194. The second kappa shape index (κ2) is 41.4. The molecule has 38 heteroatoms. The zero-order valence-electron chi connectivity index (χ0n) is 66.2. The van der Waals surface area contributed by atoms with Gasteiger partial charge in [0.2, 0.25) is 26.4 Å². The molecule has 15 rings (SSSR count). The van der Waals surface area contributed by atoms with Gasteiger partial charge in [-0.2, -0.15) is 39.9 Å². The van der Waals surface area contributed by atoms with Crippen LogP contribution in [0.25, 0.3) is 55.2 Å². The average molecular weight is 1730 g/mol. The van der Waals surface area contributed by atoms with E-state index in [4.69, 9.17) is 112 Å². The Morgan fingerprint density at radius 1 is 0.356 bits per heavy atom. The third kappa shape index (κ3) is 24.0. The van der Waals surface area contributed by atoms with Crippen molar-refractivity contribution in [1.29, 1.82) is 0 Å². The fourth-order valence-electron chi connectivity index (χ4n) is 12.0. The number of halogens is 8. The van der Waals surface area contributed by atoms with E-state index in [1.807, 2.05) is 101 Å². The molecule has 20 N–H and O–H groups in total. The zero-order chi connectivity index (χ0) is 84.4. The topological polar surface area (TPSA) is 463 Å². The maximum absolute atomic E-state index is 14.9. The highest BCUT2D eigenvalue weighted by Gasteiger charge is 2.25. The average Bonchev–Trinajstić information content (AvgIpc) is 1.64. The molecule has 118 heavy (non-hydrogen) atoms. The first-order valence-electron chi connectivity index (χ1n) is 38.1. The van der Waals surface area contributed by atoms with Gasteiger partial charge in [0.25, 0.3) is 0 Å². The molecule has 15 aromatic rings. The number of aromatic nitrogens is 17. The van der Waals surface area contributed by atoms with Crippen molar-refractivity contribution in [1.82, 2.24) is 84.7 Å². The molecule has 0 aliphatic rings. The van der Waals surface area contributed by atoms with Gasteiger partial charge in [0, 0.05) is 117 Å². The third-order valence-electron chi connectivity index (χ3n) is 19.1. The van der Waals surface area contributed by atoms with Crippen LogP contribution >= 0.6 is 69.6 Å². The number of nitrogens with one attached hydrogen (secondary N) is 10. The number of hydrogen-bond donors (Lipinski definition) is 15. The van der Waals surface area contributed by atoms with Crippen molar-refractivity contribution in [3.63, 3.8) is 0 Å². The Labute approximate surface area is 708 Å². The summed E-state index contributed by atoms with van der Waals surface area (Å²) < 4.78 is 45.6. The van der Waals surface area contributed by atoms with Crippen LogP contribution in [0.4, 0.5) is 37.9 Å². The lowest BCUT2D eigenvalue weighted by atomic mass is 10.0. The molecule has 0 aliphatic heterocycles. The molecule has 0 saturated heterocycles. The Kier molecular flexibility index (Phi) is 31.0. The smallest absolute Gasteiger partial charge is 0.226 e. The van der Waals surface area contributed by atoms with Gasteiger partial charge in [-0.25, -0.2) is 18.7 Å². The molecular weight excluding hydrogens is 1640 g/mol. The van der Waals surface area contributed by atoms with Crippen LogP contribution in [-0.4, -0.2) is 115 Å². The molecule has 0 aromatic carbocycles. The minimum absolute atomic E-state index is 0.0199. The highest BCUT2D eigenvalue weighted by atomic mass is 35.5. The predicted octanol–water partition coefficient (Wildman–Crippen LogP) is 16.6. The van der Waals surface area contributed by atoms with Gasteiger partial charge in [0.15, 0.2) is 11.6 Å². The highest BCUT2D eigenvalue weighted by Crippen LogP contribution is 2.35. The van der Waals surface area contributed by atoms with E-state index >= 15 is 0 Å². The number of anilines is 5. The SMILES string of the molecule is CC(C)[C@H](N)Cc1[nH]c2nc(Cl)nc(NCc3ccco3)c2c1F.CC(C)[C@H](N)Cc1[nH]c2nc(Cl)nc(NCc3ccncc3)c2c1F.CC(C)[C@H](N)Cc1cc2c(NCc3ccco3)nc(Cl)nc2[nH]1.CC(C)[C@H](N)Cc1cc2c(NCc3ccncc3)nc(Cl)nc2[nH]1.C[C@H](N)Cc1[nH]c2nc(Cl)nc(NCc3ccco3)c2c1Cl. The molecule has 0 amide bonds. The summed E-state index contributed by atoms with van der Waals surface area (Å²) in [5.74, 6) is 5.44. The molecule has 0 aliphatic carbocycles. The molecule has 15 aromatic heterocycles. The Morgan fingerprint density at radius 2 is 0.661 bits per heavy atom. The standard InChI is InChI=1S/C17H20ClFN6.C17H21ClN6.C16H19ClFN5O.C16H20ClN5O.C14H15Cl2N5O/c1-9(2)11(20)7-12-14(19)13-15(24-17(18)25-16(13)23-12)22-8-10-3-5-21-6-4-10;1-10(2)14(19)8-12-7-13-15(23-17(18)24-16(13)22-12)21-9-11-3-5-20-6-4-11;1-8(2)10(19)6-11-13(18)12-14(20-7-9-4-3-5-24-9)22-16(17)23-15(12)21-11;1-9(2)13(18)7-10-6-12-14(19-8-11-4-3-5-23-11)21-16(17)22-15(12)20-10;1-7(17)5-9-11(15)10-12(18-6-8-3-2-4-22-8)20-14(16)21-13(10)19-9/h3-6,9,11H,7-8,20H2,1-2H3,(H2,22,23,24,25);3-7,10,14H,8-9,19H2,1-2H3,(H2,21,22,23,24);3-5,8,10H,6-7,19H2,1-2H3,(H2,20,21,22,23);3-6,9,13H,7-8,18H2,1-2H3,(H2,19,20,21,22);2-4,7H,5-6,17H2,1H3,(H2,18,19,20,21)/t11-;14-;10-;13-;7-/m11110/s1. The van der Waals surface area contributed by atoms with Gasteiger partial charge < -0.3 is 93.4 Å². The lowest BCUT2D eigenvalue weighted by molar-refractivity contribution is 0.477. The lowest BCUT2D eigenvalue weighted by Crippen LogP contribution is -2.29. The Bertz CT molecular complexity index is 5690. The van der Waals surface area contributed by atoms with Crippen molar-refractivity contribution in [2.24, 2.45) is 52.3 Å². The van der Waals surface area contributed by atoms with Gasteiger partial charge in [0.05, 0.1) is 81.8 Å². The van der Waals surface area contributed by atoms with Crippen LogP contribution in [0, 0.1) is 35.3 Å². The van der Waals surface area contributed by atoms with Crippen molar-refractivity contribution in [3.05, 3.63) is 216 Å². The summed E-state index contributed by atoms with van der Waals surface area (Å²) in [6, 6.07) is 22.6. The second-order valence-corrected chi connectivity index (χ2v) is 31.7. The molecule has 0 radical (unpaired) electrons. The van der Waals surface area contributed by atoms with E-state index in [1.54, 1.807) is 49.6 Å². The first-order chi connectivity index (χ1) is 56.5. The minimum Gasteiger partial charge on any atom is -0.467 e. The molecule has 0 fully saturated rings.